The monoisotopic (exact) mass is 1290 g/mol. The number of allylic oxidation sites excluding steroid dienone is 15. The normalized spacial score (nSPS) is 22.6. The molecule has 4 aliphatic carbocycles. The average molecular weight is 1300 g/mol. The minimum atomic E-state index is -0.738. The molecule has 0 heterocycles. The van der Waals surface area contributed by atoms with Crippen LogP contribution in [0.5, 0.6) is 23.0 Å². The highest BCUT2D eigenvalue weighted by molar-refractivity contribution is 6.31. The van der Waals surface area contributed by atoms with Crippen LogP contribution in [0, 0.1) is 40.9 Å². The third-order valence-corrected chi connectivity index (χ3v) is 16.2. The number of esters is 3. The van der Waals surface area contributed by atoms with E-state index in [-0.39, 0.29) is 113 Å². The number of hydrogen-bond acceptors (Lipinski definition) is 18. The molecule has 0 spiro atoms. The van der Waals surface area contributed by atoms with Crippen LogP contribution in [0.4, 0.5) is 22.7 Å². The molecule has 0 aromatic heterocycles. The number of anilines is 4. The van der Waals surface area contributed by atoms with Crippen molar-refractivity contribution in [1.29, 1.82) is 5.41 Å². The predicted molar refractivity (Wildman–Crippen MR) is 365 cm³/mol. The van der Waals surface area contributed by atoms with E-state index in [1.807, 2.05) is 20.8 Å². The standard InChI is InChI=1S/C73H82N8O14/c1-8-35-93-71(86)47-38-44(47)68(83)79-55-28-15-27-54(78-41-82)66(55)64-50(74)23-11-19-42(62-58(89-4)31-17-32-59(62)90-5)21-13-25-52(76)65(53(77)26-14-22-43(20-12-24-51(64)75)63-60(91-6)33-18-34-61(63)92-7)67-56(80-69(84)45-39-48(45)72(87)94-36-9-2)29-16-30-57(67)81-70(85)46-40-49(46)73(88)95-37-10-3/h11-19,21-34,41,44-49,76H,8-10,20,35-40,74-75,77H2,1-7H3,(H,78,82)(H,79,83)(H,80,84)(H,81,85)/b19-11+,24-12-,25-13-,26-14-,42-21-,43-22-,50-23?,64-51?,65-53+,76-52?/t44-,45-,46-,47-,48-,49-/m1/s1. The first-order chi connectivity index (χ1) is 46.0. The molecule has 3 saturated carbocycles. The number of methoxy groups -OCH3 is 4. The number of carbonyl (C=O) groups excluding carboxylic acids is 7. The predicted octanol–water partition coefficient (Wildman–Crippen LogP) is 10.6. The van der Waals surface area contributed by atoms with Crippen LogP contribution in [0.25, 0.3) is 22.3 Å². The van der Waals surface area contributed by atoms with Crippen LogP contribution in [0.2, 0.25) is 0 Å². The van der Waals surface area contributed by atoms with Gasteiger partial charge in [-0.05, 0) is 129 Å². The minimum absolute atomic E-state index is 0.0173. The lowest BCUT2D eigenvalue weighted by Gasteiger charge is -2.20. The Labute approximate surface area is 552 Å². The van der Waals surface area contributed by atoms with Crippen LogP contribution in [0.1, 0.15) is 88.0 Å². The smallest absolute Gasteiger partial charge is 0.309 e. The summed E-state index contributed by atoms with van der Waals surface area (Å²) in [6, 6.07) is 20.2. The van der Waals surface area contributed by atoms with Gasteiger partial charge in [0.25, 0.3) is 0 Å². The molecule has 22 nitrogen and oxygen atoms in total. The lowest BCUT2D eigenvalue weighted by molar-refractivity contribution is -0.146. The van der Waals surface area contributed by atoms with Crippen molar-refractivity contribution >= 4 is 92.8 Å². The minimum Gasteiger partial charge on any atom is -0.496 e. The van der Waals surface area contributed by atoms with Crippen LogP contribution in [0.3, 0.4) is 0 Å². The van der Waals surface area contributed by atoms with Crippen molar-refractivity contribution in [2.24, 2.45) is 52.7 Å². The fourth-order valence-corrected chi connectivity index (χ4v) is 11.1. The van der Waals surface area contributed by atoms with E-state index >= 15 is 0 Å². The number of ether oxygens (including phenoxy) is 7. The first-order valence-corrected chi connectivity index (χ1v) is 31.4. The first kappa shape index (κ1) is 70.0. The molecule has 3 fully saturated rings. The van der Waals surface area contributed by atoms with E-state index in [1.54, 1.807) is 134 Å². The van der Waals surface area contributed by atoms with Crippen molar-refractivity contribution < 1.29 is 66.7 Å². The zero-order valence-electron chi connectivity index (χ0n) is 54.3. The van der Waals surface area contributed by atoms with Crippen molar-refractivity contribution in [2.45, 2.75) is 65.7 Å². The van der Waals surface area contributed by atoms with Crippen LogP contribution >= 0.6 is 0 Å². The molecule has 0 saturated heterocycles. The highest BCUT2D eigenvalue weighted by atomic mass is 16.5. The second kappa shape index (κ2) is 33.1. The van der Waals surface area contributed by atoms with Crippen LogP contribution in [0.15, 0.2) is 157 Å². The number of rotatable bonds is 25. The van der Waals surface area contributed by atoms with Gasteiger partial charge in [-0.15, -0.1) is 0 Å². The second-order valence-electron chi connectivity index (χ2n) is 22.8. The Balaban J connectivity index is 1.35. The maximum atomic E-state index is 14.3. The van der Waals surface area contributed by atoms with E-state index in [9.17, 15) is 39.0 Å². The maximum Gasteiger partial charge on any atom is 0.309 e. The molecule has 0 bridgehead atoms. The lowest BCUT2D eigenvalue weighted by Crippen LogP contribution is -2.22. The van der Waals surface area contributed by atoms with Crippen LogP contribution in [-0.2, 0) is 47.8 Å². The molecule has 4 amide bonds. The van der Waals surface area contributed by atoms with Gasteiger partial charge in [0.15, 0.2) is 0 Å². The molecule has 4 aromatic carbocycles. The molecular formula is C73H82N8O14. The molecule has 11 N–H and O–H groups in total. The van der Waals surface area contributed by atoms with Crippen molar-refractivity contribution in [3.8, 4) is 23.0 Å². The largest absolute Gasteiger partial charge is 0.496 e. The fourth-order valence-electron chi connectivity index (χ4n) is 11.1. The number of nitrogens with two attached hydrogens (primary N) is 3. The van der Waals surface area contributed by atoms with Gasteiger partial charge >= 0.3 is 17.9 Å². The summed E-state index contributed by atoms with van der Waals surface area (Å²) in [5.41, 5.74) is 25.1. The summed E-state index contributed by atoms with van der Waals surface area (Å²) in [5.74, 6) is -5.37. The topological polar surface area (TPSA) is 334 Å². The molecule has 6 atom stereocenters. The Bertz CT molecular complexity index is 3800. The number of carbonyl (C=O) groups is 7. The Hall–Kier alpha value is -10.9. The second-order valence-corrected chi connectivity index (χ2v) is 22.8. The van der Waals surface area contributed by atoms with Gasteiger partial charge in [-0.1, -0.05) is 87.6 Å². The molecule has 0 aliphatic heterocycles. The van der Waals surface area contributed by atoms with Crippen molar-refractivity contribution in [2.75, 3.05) is 69.5 Å². The van der Waals surface area contributed by atoms with Crippen LogP contribution < -0.4 is 57.4 Å². The van der Waals surface area contributed by atoms with Crippen molar-refractivity contribution in [3.63, 3.8) is 0 Å². The summed E-state index contributed by atoms with van der Waals surface area (Å²) in [7, 11) is 6.04. The summed E-state index contributed by atoms with van der Waals surface area (Å²) in [4.78, 5) is 93.9. The van der Waals surface area contributed by atoms with E-state index in [4.69, 9.17) is 50.4 Å². The van der Waals surface area contributed by atoms with Gasteiger partial charge in [0, 0.05) is 39.4 Å². The average Bonchev–Trinajstić information content (AvgIpc) is 1.32. The summed E-state index contributed by atoms with van der Waals surface area (Å²) in [6.07, 6.45) is 21.2. The van der Waals surface area contributed by atoms with E-state index in [2.05, 4.69) is 21.3 Å². The molecule has 0 unspecified atom stereocenters. The molecule has 4 aromatic rings. The number of benzene rings is 4. The summed E-state index contributed by atoms with van der Waals surface area (Å²) in [6.45, 7) is 6.25. The first-order valence-electron chi connectivity index (χ1n) is 31.4. The van der Waals surface area contributed by atoms with Gasteiger partial charge in [0.05, 0.1) is 123 Å². The fraction of sp³-hybridized carbons (Fsp3) is 0.315. The van der Waals surface area contributed by atoms with Gasteiger partial charge in [0.2, 0.25) is 24.1 Å². The Morgan fingerprint density at radius 3 is 1.33 bits per heavy atom. The molecule has 0 radical (unpaired) electrons. The number of amides is 4. The van der Waals surface area contributed by atoms with E-state index in [0.29, 0.717) is 70.9 Å². The third-order valence-electron chi connectivity index (χ3n) is 16.2. The van der Waals surface area contributed by atoms with Gasteiger partial charge in [-0.3, -0.25) is 33.6 Å². The zero-order chi connectivity index (χ0) is 68.3. The maximum absolute atomic E-state index is 14.3. The van der Waals surface area contributed by atoms with Gasteiger partial charge < -0.3 is 77.0 Å². The quantitative estimate of drug-likeness (QED) is 0.0174. The van der Waals surface area contributed by atoms with E-state index in [0.717, 1.165) is 0 Å². The molecule has 22 heteroatoms. The molecule has 95 heavy (non-hydrogen) atoms. The van der Waals surface area contributed by atoms with E-state index in [1.165, 1.54) is 34.5 Å². The van der Waals surface area contributed by atoms with Crippen molar-refractivity contribution in [1.82, 2.24) is 0 Å². The summed E-state index contributed by atoms with van der Waals surface area (Å²) < 4.78 is 39.8. The van der Waals surface area contributed by atoms with Gasteiger partial charge in [-0.25, -0.2) is 0 Å². The molecule has 498 valence electrons. The van der Waals surface area contributed by atoms with Crippen LogP contribution in [-0.4, -0.2) is 96.0 Å². The Morgan fingerprint density at radius 1 is 0.484 bits per heavy atom. The Kier molecular flexibility index (Phi) is 24.4. The van der Waals surface area contributed by atoms with Gasteiger partial charge in [0.1, 0.15) is 23.0 Å². The van der Waals surface area contributed by atoms with Crippen molar-refractivity contribution in [3.05, 3.63) is 179 Å². The number of hydrogen-bond donors (Lipinski definition) is 8. The lowest BCUT2D eigenvalue weighted by atomic mass is 9.93. The zero-order valence-corrected chi connectivity index (χ0v) is 54.3. The molecule has 4 aliphatic rings. The van der Waals surface area contributed by atoms with E-state index < -0.39 is 71.1 Å². The SMILES string of the molecule is CCCOC(=O)[C@@H]1C[C@H]1C(=O)Nc1cccc(NC=O)c1C1=C(N)/C=C\C/C(c2c(OC)cccc2OC)=C/C=C\C(N)=C(/c2c(NC(=O)[C@@H]3C[C@H]3C(=O)OCCC)cccc2NC(=O)[C@@H]2C[C@H]2C(=O)OCCC)C(=N)\C=C/C=C(c2c(OC)cccc2OC)/C=C/C=C1N. The highest BCUT2D eigenvalue weighted by Gasteiger charge is 2.51. The van der Waals surface area contributed by atoms with Gasteiger partial charge in [-0.2, -0.15) is 0 Å². The summed E-state index contributed by atoms with van der Waals surface area (Å²) in [5, 5.41) is 21.8. The molecule has 8 rings (SSSR count). The highest BCUT2D eigenvalue weighted by Crippen LogP contribution is 2.46. The molecular weight excluding hydrogens is 1210 g/mol. The summed E-state index contributed by atoms with van der Waals surface area (Å²) >= 11 is 0. The Morgan fingerprint density at radius 2 is 0.884 bits per heavy atom. The number of nitrogens with one attached hydrogen (secondary N) is 5. The third kappa shape index (κ3) is 17.2.